The molecule has 1 aromatic heterocycles. The summed E-state index contributed by atoms with van der Waals surface area (Å²) < 4.78 is 2.07. The van der Waals surface area contributed by atoms with Gasteiger partial charge in [-0.2, -0.15) is 0 Å². The van der Waals surface area contributed by atoms with Gasteiger partial charge >= 0.3 is 0 Å². The molecule has 3 nitrogen and oxygen atoms in total. The van der Waals surface area contributed by atoms with Crippen molar-refractivity contribution < 1.29 is 5.11 Å². The van der Waals surface area contributed by atoms with Crippen LogP contribution in [0.4, 0.5) is 0 Å². The highest BCUT2D eigenvalue weighted by atomic mass is 16.3. The van der Waals surface area contributed by atoms with Crippen molar-refractivity contribution in [3.63, 3.8) is 0 Å². The van der Waals surface area contributed by atoms with Gasteiger partial charge in [-0.3, -0.25) is 0 Å². The number of aliphatic hydroxyl groups excluding tert-OH is 1. The number of nitrogens with one attached hydrogen (secondary N) is 1. The average molecular weight is 208 g/mol. The van der Waals surface area contributed by atoms with Crippen LogP contribution in [0.2, 0.25) is 0 Å². The highest BCUT2D eigenvalue weighted by Gasteiger charge is 2.41. The van der Waals surface area contributed by atoms with Crippen molar-refractivity contribution in [1.82, 2.24) is 9.88 Å². The van der Waals surface area contributed by atoms with E-state index in [1.807, 2.05) is 7.05 Å². The summed E-state index contributed by atoms with van der Waals surface area (Å²) in [6.07, 6.45) is 7.70. The third kappa shape index (κ3) is 2.83. The Morgan fingerprint density at radius 2 is 2.33 bits per heavy atom. The molecule has 0 unspecified atom stereocenters. The van der Waals surface area contributed by atoms with Gasteiger partial charge in [0.15, 0.2) is 0 Å². The summed E-state index contributed by atoms with van der Waals surface area (Å²) in [6.45, 7) is 2.31. The Bertz CT molecular complexity index is 315. The van der Waals surface area contributed by atoms with E-state index in [0.717, 1.165) is 19.5 Å². The van der Waals surface area contributed by atoms with Gasteiger partial charge in [-0.1, -0.05) is 0 Å². The van der Waals surface area contributed by atoms with Crippen LogP contribution in [0.15, 0.2) is 18.5 Å². The third-order valence-corrected chi connectivity index (χ3v) is 3.32. The SMILES string of the molecule is Cn1ccc(CNCC2(CCO)CC2)c1. The summed E-state index contributed by atoms with van der Waals surface area (Å²) in [5, 5.41) is 12.4. The second kappa shape index (κ2) is 4.37. The Morgan fingerprint density at radius 3 is 2.87 bits per heavy atom. The molecule has 2 rings (SSSR count). The summed E-state index contributed by atoms with van der Waals surface area (Å²) in [5.41, 5.74) is 1.75. The van der Waals surface area contributed by atoms with Gasteiger partial charge in [0.1, 0.15) is 0 Å². The van der Waals surface area contributed by atoms with E-state index in [0.29, 0.717) is 12.0 Å². The average Bonchev–Trinajstić information content (AvgIpc) is 2.83. The number of hydrogen-bond acceptors (Lipinski definition) is 2. The molecule has 1 saturated carbocycles. The second-order valence-electron chi connectivity index (χ2n) is 4.76. The van der Waals surface area contributed by atoms with E-state index in [2.05, 4.69) is 28.3 Å². The van der Waals surface area contributed by atoms with Crippen LogP contribution in [0, 0.1) is 5.41 Å². The number of aromatic nitrogens is 1. The number of nitrogens with zero attached hydrogens (tertiary/aromatic N) is 1. The van der Waals surface area contributed by atoms with Gasteiger partial charge in [0, 0.05) is 39.1 Å². The molecule has 0 aliphatic heterocycles. The highest BCUT2D eigenvalue weighted by molar-refractivity contribution is 5.09. The molecule has 0 amide bonds. The maximum atomic E-state index is 8.93. The van der Waals surface area contributed by atoms with Crippen molar-refractivity contribution in [2.75, 3.05) is 13.2 Å². The number of rotatable bonds is 6. The molecule has 0 radical (unpaired) electrons. The Labute approximate surface area is 91.1 Å². The highest BCUT2D eigenvalue weighted by Crippen LogP contribution is 2.47. The van der Waals surface area contributed by atoms with Crippen molar-refractivity contribution in [3.8, 4) is 0 Å². The molecule has 0 saturated heterocycles. The normalized spacial score (nSPS) is 18.0. The zero-order valence-corrected chi connectivity index (χ0v) is 9.37. The summed E-state index contributed by atoms with van der Waals surface area (Å²) in [4.78, 5) is 0. The minimum Gasteiger partial charge on any atom is -0.396 e. The van der Waals surface area contributed by atoms with E-state index >= 15 is 0 Å². The van der Waals surface area contributed by atoms with Crippen molar-refractivity contribution in [3.05, 3.63) is 24.0 Å². The number of aryl methyl sites for hydroxylation is 1. The predicted molar refractivity (Wildman–Crippen MR) is 60.5 cm³/mol. The third-order valence-electron chi connectivity index (χ3n) is 3.32. The zero-order valence-electron chi connectivity index (χ0n) is 9.37. The smallest absolute Gasteiger partial charge is 0.0436 e. The largest absolute Gasteiger partial charge is 0.396 e. The topological polar surface area (TPSA) is 37.2 Å². The first kappa shape index (κ1) is 10.7. The molecule has 15 heavy (non-hydrogen) atoms. The molecule has 1 fully saturated rings. The molecule has 1 heterocycles. The number of aliphatic hydroxyl groups is 1. The molecule has 3 heteroatoms. The Balaban J connectivity index is 1.71. The Morgan fingerprint density at radius 1 is 1.53 bits per heavy atom. The molecule has 1 aromatic rings. The Kier molecular flexibility index (Phi) is 3.12. The fourth-order valence-corrected chi connectivity index (χ4v) is 2.07. The van der Waals surface area contributed by atoms with Crippen LogP contribution in [0.5, 0.6) is 0 Å². The van der Waals surface area contributed by atoms with Gasteiger partial charge in [-0.15, -0.1) is 0 Å². The number of hydrogen-bond donors (Lipinski definition) is 2. The summed E-state index contributed by atoms with van der Waals surface area (Å²) in [5.74, 6) is 0. The molecule has 0 bridgehead atoms. The van der Waals surface area contributed by atoms with E-state index in [1.54, 1.807) is 0 Å². The quantitative estimate of drug-likeness (QED) is 0.739. The fraction of sp³-hybridized carbons (Fsp3) is 0.667. The maximum Gasteiger partial charge on any atom is 0.0436 e. The molecule has 1 aliphatic rings. The van der Waals surface area contributed by atoms with Crippen molar-refractivity contribution in [1.29, 1.82) is 0 Å². The zero-order chi connectivity index (χ0) is 10.7. The van der Waals surface area contributed by atoms with Crippen molar-refractivity contribution in [2.24, 2.45) is 12.5 Å². The second-order valence-corrected chi connectivity index (χ2v) is 4.76. The minimum absolute atomic E-state index is 0.326. The van der Waals surface area contributed by atoms with Crippen LogP contribution in [0.25, 0.3) is 0 Å². The lowest BCUT2D eigenvalue weighted by atomic mass is 10.0. The maximum absolute atomic E-state index is 8.93. The lowest BCUT2D eigenvalue weighted by Gasteiger charge is -2.13. The standard InChI is InChI=1S/C12H20N2O/c1-14-6-2-11(9-14)8-13-10-12(3-4-12)5-7-15/h2,6,9,13,15H,3-5,7-8,10H2,1H3. The minimum atomic E-state index is 0.326. The van der Waals surface area contributed by atoms with E-state index < -0.39 is 0 Å². The van der Waals surface area contributed by atoms with E-state index in [9.17, 15) is 0 Å². The lowest BCUT2D eigenvalue weighted by Crippen LogP contribution is -2.24. The van der Waals surface area contributed by atoms with E-state index in [-0.39, 0.29) is 0 Å². The van der Waals surface area contributed by atoms with Gasteiger partial charge in [0.25, 0.3) is 0 Å². The summed E-state index contributed by atoms with van der Waals surface area (Å²) in [7, 11) is 2.04. The van der Waals surface area contributed by atoms with Crippen LogP contribution in [0.3, 0.4) is 0 Å². The van der Waals surface area contributed by atoms with Gasteiger partial charge in [-0.25, -0.2) is 0 Å². The van der Waals surface area contributed by atoms with E-state index in [1.165, 1.54) is 18.4 Å². The van der Waals surface area contributed by atoms with Crippen LogP contribution < -0.4 is 5.32 Å². The fourth-order valence-electron chi connectivity index (χ4n) is 2.07. The molecule has 84 valence electrons. The molecule has 2 N–H and O–H groups in total. The van der Waals surface area contributed by atoms with Gasteiger partial charge < -0.3 is 15.0 Å². The van der Waals surface area contributed by atoms with Crippen LogP contribution >= 0.6 is 0 Å². The molecule has 0 atom stereocenters. The Hall–Kier alpha value is -0.800. The molecule has 0 aromatic carbocycles. The van der Waals surface area contributed by atoms with Gasteiger partial charge in [-0.05, 0) is 36.3 Å². The molecular formula is C12H20N2O. The van der Waals surface area contributed by atoms with Crippen molar-refractivity contribution >= 4 is 0 Å². The molecule has 1 aliphatic carbocycles. The first-order valence-electron chi connectivity index (χ1n) is 5.67. The first-order chi connectivity index (χ1) is 7.24. The van der Waals surface area contributed by atoms with Crippen LogP contribution in [-0.4, -0.2) is 22.8 Å². The summed E-state index contributed by atoms with van der Waals surface area (Å²) in [6, 6.07) is 2.14. The molecular weight excluding hydrogens is 188 g/mol. The van der Waals surface area contributed by atoms with Gasteiger partial charge in [0.2, 0.25) is 0 Å². The molecule has 0 spiro atoms. The van der Waals surface area contributed by atoms with Crippen LogP contribution in [0.1, 0.15) is 24.8 Å². The van der Waals surface area contributed by atoms with Crippen LogP contribution in [-0.2, 0) is 13.6 Å². The summed E-state index contributed by atoms with van der Waals surface area (Å²) >= 11 is 0. The monoisotopic (exact) mass is 208 g/mol. The predicted octanol–water partition coefficient (Wildman–Crippen LogP) is 1.28. The van der Waals surface area contributed by atoms with E-state index in [4.69, 9.17) is 5.11 Å². The lowest BCUT2D eigenvalue weighted by molar-refractivity contribution is 0.245. The first-order valence-corrected chi connectivity index (χ1v) is 5.67. The van der Waals surface area contributed by atoms with Crippen molar-refractivity contribution in [2.45, 2.75) is 25.8 Å². The van der Waals surface area contributed by atoms with Gasteiger partial charge in [0.05, 0.1) is 0 Å².